The van der Waals surface area contributed by atoms with E-state index in [1.54, 1.807) is 31.2 Å². The molecule has 0 aliphatic heterocycles. The summed E-state index contributed by atoms with van der Waals surface area (Å²) < 4.78 is 36.8. The number of hydrogen-bond acceptors (Lipinski definition) is 6. The Labute approximate surface area is 140 Å². The van der Waals surface area contributed by atoms with Crippen molar-refractivity contribution in [2.45, 2.75) is 18.7 Å². The van der Waals surface area contributed by atoms with Gasteiger partial charge in [-0.05, 0) is 26.0 Å². The minimum Gasteiger partial charge on any atom is -0.484 e. The van der Waals surface area contributed by atoms with E-state index in [1.807, 2.05) is 6.07 Å². The molecule has 0 saturated heterocycles. The number of aromatic nitrogens is 1. The fourth-order valence-electron chi connectivity index (χ4n) is 2.03. The molecular formula is C15H19N3O5S. The smallest absolute Gasteiger partial charge is 0.257 e. The van der Waals surface area contributed by atoms with Gasteiger partial charge in [0.05, 0.1) is 0 Å². The molecule has 0 aliphatic carbocycles. The van der Waals surface area contributed by atoms with Gasteiger partial charge in [0.2, 0.25) is 10.0 Å². The quantitative estimate of drug-likeness (QED) is 0.678. The number of nitrogens with one attached hydrogen (secondary N) is 2. The number of ether oxygens (including phenoxy) is 1. The summed E-state index contributed by atoms with van der Waals surface area (Å²) in [6.45, 7) is 3.12. The molecular weight excluding hydrogens is 334 g/mol. The molecule has 2 aromatic rings. The van der Waals surface area contributed by atoms with Gasteiger partial charge in [0, 0.05) is 13.1 Å². The molecule has 24 heavy (non-hydrogen) atoms. The van der Waals surface area contributed by atoms with Crippen LogP contribution in [0.5, 0.6) is 5.75 Å². The largest absolute Gasteiger partial charge is 0.484 e. The highest BCUT2D eigenvalue weighted by Crippen LogP contribution is 2.18. The van der Waals surface area contributed by atoms with Crippen LogP contribution < -0.4 is 14.8 Å². The van der Waals surface area contributed by atoms with Crippen molar-refractivity contribution < 1.29 is 22.5 Å². The highest BCUT2D eigenvalue weighted by atomic mass is 32.2. The van der Waals surface area contributed by atoms with Crippen LogP contribution in [0.2, 0.25) is 0 Å². The van der Waals surface area contributed by atoms with Crippen LogP contribution in [-0.2, 0) is 14.8 Å². The number of amides is 1. The Balaban J connectivity index is 1.73. The van der Waals surface area contributed by atoms with Gasteiger partial charge in [-0.25, -0.2) is 13.1 Å². The molecule has 0 radical (unpaired) electrons. The molecule has 0 fully saturated rings. The molecule has 8 nitrogen and oxygen atoms in total. The van der Waals surface area contributed by atoms with Crippen molar-refractivity contribution in [2.75, 3.05) is 19.7 Å². The zero-order valence-corrected chi connectivity index (χ0v) is 14.2. The predicted molar refractivity (Wildman–Crippen MR) is 86.1 cm³/mol. The topological polar surface area (TPSA) is 111 Å². The van der Waals surface area contributed by atoms with Gasteiger partial charge in [0.1, 0.15) is 16.3 Å². The molecule has 1 amide bonds. The van der Waals surface area contributed by atoms with Crippen LogP contribution in [-0.4, -0.2) is 39.2 Å². The van der Waals surface area contributed by atoms with E-state index >= 15 is 0 Å². The van der Waals surface area contributed by atoms with Gasteiger partial charge in [-0.1, -0.05) is 23.4 Å². The molecule has 0 spiro atoms. The molecule has 2 rings (SSSR count). The highest BCUT2D eigenvalue weighted by Gasteiger charge is 2.23. The first-order valence-electron chi connectivity index (χ1n) is 7.27. The molecule has 0 atom stereocenters. The second-order valence-electron chi connectivity index (χ2n) is 5.00. The van der Waals surface area contributed by atoms with E-state index in [9.17, 15) is 13.2 Å². The Kier molecular flexibility index (Phi) is 5.93. The summed E-state index contributed by atoms with van der Waals surface area (Å²) in [5, 5.41) is 6.18. The molecule has 0 aliphatic rings. The van der Waals surface area contributed by atoms with Gasteiger partial charge in [-0.3, -0.25) is 4.79 Å². The zero-order valence-electron chi connectivity index (χ0n) is 13.4. The molecule has 9 heteroatoms. The Morgan fingerprint density at radius 2 is 1.92 bits per heavy atom. The number of carbonyl (C=O) groups excluding carboxylic acids is 1. The standard InChI is InChI=1S/C15H19N3O5S/c1-11-15(12(2)23-18-11)24(20,21)17-9-8-16-14(19)10-22-13-6-4-3-5-7-13/h3-7,17H,8-10H2,1-2H3,(H,16,19). The summed E-state index contributed by atoms with van der Waals surface area (Å²) in [5.41, 5.74) is 0.292. The van der Waals surface area contributed by atoms with Gasteiger partial charge in [-0.2, -0.15) is 0 Å². The van der Waals surface area contributed by atoms with Crippen LogP contribution in [0, 0.1) is 13.8 Å². The van der Waals surface area contributed by atoms with Gasteiger partial charge in [-0.15, -0.1) is 0 Å². The maximum Gasteiger partial charge on any atom is 0.257 e. The maximum absolute atomic E-state index is 12.1. The van der Waals surface area contributed by atoms with Crippen LogP contribution in [0.3, 0.4) is 0 Å². The number of carbonyl (C=O) groups is 1. The first-order valence-corrected chi connectivity index (χ1v) is 8.75. The number of rotatable bonds is 8. The Bertz CT molecular complexity index is 767. The van der Waals surface area contributed by atoms with Crippen LogP contribution in [0.1, 0.15) is 11.5 Å². The van der Waals surface area contributed by atoms with Crippen molar-refractivity contribution in [3.05, 3.63) is 41.8 Å². The fourth-order valence-corrected chi connectivity index (χ4v) is 3.39. The molecule has 0 bridgehead atoms. The lowest BCUT2D eigenvalue weighted by atomic mass is 10.3. The third kappa shape index (κ3) is 4.80. The number of sulfonamides is 1. The third-order valence-electron chi connectivity index (χ3n) is 3.09. The third-order valence-corrected chi connectivity index (χ3v) is 4.79. The summed E-state index contributed by atoms with van der Waals surface area (Å²) in [4.78, 5) is 11.7. The lowest BCUT2D eigenvalue weighted by Gasteiger charge is -2.08. The number of benzene rings is 1. The molecule has 130 valence electrons. The molecule has 2 N–H and O–H groups in total. The molecule has 1 aromatic carbocycles. The minimum atomic E-state index is -3.72. The minimum absolute atomic E-state index is 0.0289. The van der Waals surface area contributed by atoms with Gasteiger partial charge < -0.3 is 14.6 Å². The molecule has 1 heterocycles. The van der Waals surface area contributed by atoms with Crippen molar-refractivity contribution >= 4 is 15.9 Å². The first-order chi connectivity index (χ1) is 11.4. The highest BCUT2D eigenvalue weighted by molar-refractivity contribution is 7.89. The lowest BCUT2D eigenvalue weighted by Crippen LogP contribution is -2.37. The normalized spacial score (nSPS) is 11.2. The van der Waals surface area contributed by atoms with E-state index < -0.39 is 10.0 Å². The number of aryl methyl sites for hydroxylation is 2. The Morgan fingerprint density at radius 3 is 2.54 bits per heavy atom. The van der Waals surface area contributed by atoms with E-state index in [-0.39, 0.29) is 36.3 Å². The van der Waals surface area contributed by atoms with E-state index in [0.29, 0.717) is 11.4 Å². The van der Waals surface area contributed by atoms with Gasteiger partial charge >= 0.3 is 0 Å². The van der Waals surface area contributed by atoms with Crippen molar-refractivity contribution in [3.8, 4) is 5.75 Å². The first kappa shape index (κ1) is 18.0. The van der Waals surface area contributed by atoms with Crippen LogP contribution >= 0.6 is 0 Å². The summed E-state index contributed by atoms with van der Waals surface area (Å²) in [5.74, 6) is 0.474. The SMILES string of the molecule is Cc1noc(C)c1S(=O)(=O)NCCNC(=O)COc1ccccc1. The number of nitrogens with zero attached hydrogens (tertiary/aromatic N) is 1. The van der Waals surface area contributed by atoms with E-state index in [4.69, 9.17) is 9.26 Å². The Hall–Kier alpha value is -2.39. The average Bonchev–Trinajstić information content (AvgIpc) is 2.90. The Morgan fingerprint density at radius 1 is 1.21 bits per heavy atom. The van der Waals surface area contributed by atoms with E-state index in [0.717, 1.165) is 0 Å². The second-order valence-corrected chi connectivity index (χ2v) is 6.71. The van der Waals surface area contributed by atoms with Crippen molar-refractivity contribution in [1.29, 1.82) is 0 Å². The molecule has 1 aromatic heterocycles. The molecule has 0 saturated carbocycles. The predicted octanol–water partition coefficient (Wildman–Crippen LogP) is 0.765. The molecule has 0 unspecified atom stereocenters. The zero-order chi connectivity index (χ0) is 17.6. The van der Waals surface area contributed by atoms with Gasteiger partial charge in [0.25, 0.3) is 5.91 Å². The number of para-hydroxylation sites is 1. The average molecular weight is 353 g/mol. The van der Waals surface area contributed by atoms with Crippen LogP contribution in [0.15, 0.2) is 39.8 Å². The summed E-state index contributed by atoms with van der Waals surface area (Å²) in [6, 6.07) is 8.93. The summed E-state index contributed by atoms with van der Waals surface area (Å²) >= 11 is 0. The summed E-state index contributed by atoms with van der Waals surface area (Å²) in [7, 11) is -3.72. The van der Waals surface area contributed by atoms with Crippen LogP contribution in [0.25, 0.3) is 0 Å². The van der Waals surface area contributed by atoms with Crippen molar-refractivity contribution in [1.82, 2.24) is 15.2 Å². The van der Waals surface area contributed by atoms with E-state index in [1.165, 1.54) is 6.92 Å². The van der Waals surface area contributed by atoms with E-state index in [2.05, 4.69) is 15.2 Å². The second kappa shape index (κ2) is 7.93. The fraction of sp³-hybridized carbons (Fsp3) is 0.333. The van der Waals surface area contributed by atoms with Crippen molar-refractivity contribution in [3.63, 3.8) is 0 Å². The number of hydrogen-bond donors (Lipinski definition) is 2. The monoisotopic (exact) mass is 353 g/mol. The van der Waals surface area contributed by atoms with Crippen LogP contribution in [0.4, 0.5) is 0 Å². The van der Waals surface area contributed by atoms with Crippen molar-refractivity contribution in [2.24, 2.45) is 0 Å². The maximum atomic E-state index is 12.1. The van der Waals surface area contributed by atoms with Gasteiger partial charge in [0.15, 0.2) is 12.4 Å². The summed E-state index contributed by atoms with van der Waals surface area (Å²) in [6.07, 6.45) is 0. The lowest BCUT2D eigenvalue weighted by molar-refractivity contribution is -0.123.